The number of benzene rings is 1. The fraction of sp³-hybridized carbons (Fsp3) is 0.353. The number of aromatic nitrogens is 2. The molecular formula is C17H15FN4O3S. The number of halogens is 1. The molecule has 2 aromatic heterocycles. The maximum absolute atomic E-state index is 15.0. The molecule has 9 heteroatoms. The molecule has 1 fully saturated rings. The maximum Gasteiger partial charge on any atom is 0.271 e. The van der Waals surface area contributed by atoms with Crippen LogP contribution in [0, 0.1) is 11.2 Å². The standard InChI is InChI=1S/C17H15FN4O3S/c1-7-6-25-15-12-9(4-10(18)13(15)21-3-2-8(19)5-21)14(23)11-16(24)20-26-17(11)22(7)12/h4,7,19H,2-3,5-6H2,1H3,(H,20,24)/t7-/m0/s1. The summed E-state index contributed by atoms with van der Waals surface area (Å²) < 4.78 is 25.4. The minimum absolute atomic E-state index is 0.0669. The first-order valence-electron chi connectivity index (χ1n) is 8.33. The van der Waals surface area contributed by atoms with Crippen LogP contribution in [0.15, 0.2) is 15.7 Å². The van der Waals surface area contributed by atoms with E-state index >= 15 is 0 Å². The van der Waals surface area contributed by atoms with Gasteiger partial charge in [0, 0.05) is 18.7 Å². The van der Waals surface area contributed by atoms with E-state index in [1.54, 1.807) is 4.90 Å². The molecule has 1 atom stereocenters. The quantitative estimate of drug-likeness (QED) is 0.683. The summed E-state index contributed by atoms with van der Waals surface area (Å²) in [5.74, 6) is -0.237. The number of fused-ring (bicyclic) bond motifs is 2. The molecule has 0 unspecified atom stereocenters. The van der Waals surface area contributed by atoms with Gasteiger partial charge in [-0.1, -0.05) is 0 Å². The van der Waals surface area contributed by atoms with Gasteiger partial charge in [-0.15, -0.1) is 0 Å². The molecule has 134 valence electrons. The Morgan fingerprint density at radius 2 is 2.23 bits per heavy atom. The Labute approximate surface area is 150 Å². The Hall–Kier alpha value is -2.68. The number of rotatable bonds is 1. The average Bonchev–Trinajstić information content (AvgIpc) is 3.19. The van der Waals surface area contributed by atoms with Gasteiger partial charge in [-0.05, 0) is 24.5 Å². The molecule has 26 heavy (non-hydrogen) atoms. The zero-order valence-corrected chi connectivity index (χ0v) is 14.7. The number of aromatic amines is 1. The van der Waals surface area contributed by atoms with Crippen LogP contribution in [0.4, 0.5) is 10.1 Å². The van der Waals surface area contributed by atoms with Gasteiger partial charge < -0.3 is 19.6 Å². The Kier molecular flexibility index (Phi) is 3.09. The second-order valence-corrected chi connectivity index (χ2v) is 7.57. The first-order chi connectivity index (χ1) is 12.5. The molecule has 7 nitrogen and oxygen atoms in total. The highest BCUT2D eigenvalue weighted by Crippen LogP contribution is 2.43. The third kappa shape index (κ3) is 1.89. The fourth-order valence-electron chi connectivity index (χ4n) is 3.90. The topological polar surface area (TPSA) is 91.2 Å². The summed E-state index contributed by atoms with van der Waals surface area (Å²) in [6.07, 6.45) is 0.582. The van der Waals surface area contributed by atoms with Gasteiger partial charge in [-0.25, -0.2) is 4.39 Å². The summed E-state index contributed by atoms with van der Waals surface area (Å²) in [4.78, 5) is 27.3. The van der Waals surface area contributed by atoms with Crippen molar-refractivity contribution in [3.63, 3.8) is 0 Å². The molecule has 4 heterocycles. The van der Waals surface area contributed by atoms with Gasteiger partial charge in [0.1, 0.15) is 22.5 Å². The summed E-state index contributed by atoms with van der Waals surface area (Å²) in [5, 5.41) is 8.04. The minimum atomic E-state index is -0.564. The number of ether oxygens (including phenoxy) is 1. The maximum atomic E-state index is 15.0. The van der Waals surface area contributed by atoms with Crippen molar-refractivity contribution in [2.45, 2.75) is 19.4 Å². The van der Waals surface area contributed by atoms with Crippen molar-refractivity contribution in [2.24, 2.45) is 0 Å². The first-order valence-corrected chi connectivity index (χ1v) is 9.15. The minimum Gasteiger partial charge on any atom is -0.487 e. The zero-order chi connectivity index (χ0) is 18.2. The van der Waals surface area contributed by atoms with Crippen LogP contribution >= 0.6 is 11.5 Å². The summed E-state index contributed by atoms with van der Waals surface area (Å²) in [7, 11) is 0. The van der Waals surface area contributed by atoms with Crippen molar-refractivity contribution < 1.29 is 9.13 Å². The van der Waals surface area contributed by atoms with E-state index < -0.39 is 16.8 Å². The smallest absolute Gasteiger partial charge is 0.271 e. The summed E-state index contributed by atoms with van der Waals surface area (Å²) in [6.45, 7) is 3.13. The average molecular weight is 374 g/mol. The summed E-state index contributed by atoms with van der Waals surface area (Å²) in [6, 6.07) is 1.10. The zero-order valence-electron chi connectivity index (χ0n) is 13.9. The number of anilines is 1. The second-order valence-electron chi connectivity index (χ2n) is 6.78. The van der Waals surface area contributed by atoms with E-state index in [0.717, 1.165) is 11.5 Å². The van der Waals surface area contributed by atoms with Gasteiger partial charge in [-0.3, -0.25) is 14.0 Å². The van der Waals surface area contributed by atoms with E-state index in [9.17, 15) is 14.0 Å². The molecule has 2 aliphatic heterocycles. The van der Waals surface area contributed by atoms with Gasteiger partial charge >= 0.3 is 0 Å². The van der Waals surface area contributed by atoms with E-state index in [1.807, 2.05) is 11.5 Å². The first kappa shape index (κ1) is 15.6. The van der Waals surface area contributed by atoms with Crippen LogP contribution in [-0.4, -0.2) is 34.3 Å². The van der Waals surface area contributed by atoms with Crippen LogP contribution in [0.2, 0.25) is 0 Å². The van der Waals surface area contributed by atoms with Crippen LogP contribution < -0.4 is 20.6 Å². The molecule has 0 aliphatic carbocycles. The molecule has 5 rings (SSSR count). The number of nitrogens with zero attached hydrogens (tertiary/aromatic N) is 2. The van der Waals surface area contributed by atoms with Crippen molar-refractivity contribution in [1.82, 2.24) is 8.94 Å². The molecule has 0 saturated carbocycles. The van der Waals surface area contributed by atoms with Crippen LogP contribution in [0.1, 0.15) is 19.4 Å². The lowest BCUT2D eigenvalue weighted by Crippen LogP contribution is -2.28. The molecule has 2 N–H and O–H groups in total. The SMILES string of the molecule is C[C@H]1COc2c(N3CCC(=N)C3)c(F)cc3c(=O)c4c(=O)[nH]sc4n1c23. The number of hydrogen-bond acceptors (Lipinski definition) is 6. The predicted molar refractivity (Wildman–Crippen MR) is 98.9 cm³/mol. The van der Waals surface area contributed by atoms with Crippen LogP contribution in [0.25, 0.3) is 21.1 Å². The predicted octanol–water partition coefficient (Wildman–Crippen LogP) is 2.23. The van der Waals surface area contributed by atoms with E-state index in [0.29, 0.717) is 53.6 Å². The Morgan fingerprint density at radius 1 is 1.42 bits per heavy atom. The molecular weight excluding hydrogens is 359 g/mol. The lowest BCUT2D eigenvalue weighted by atomic mass is 10.1. The monoisotopic (exact) mass is 374 g/mol. The lowest BCUT2D eigenvalue weighted by Gasteiger charge is -2.31. The van der Waals surface area contributed by atoms with Gasteiger partial charge in [0.15, 0.2) is 11.6 Å². The second kappa shape index (κ2) is 5.16. The number of nitrogens with one attached hydrogen (secondary N) is 2. The number of H-pyrrole nitrogens is 1. The summed E-state index contributed by atoms with van der Waals surface area (Å²) >= 11 is 1.11. The van der Waals surface area contributed by atoms with E-state index in [2.05, 4.69) is 4.37 Å². The highest BCUT2D eigenvalue weighted by Gasteiger charge is 2.32. The molecule has 0 bridgehead atoms. The van der Waals surface area contributed by atoms with Crippen LogP contribution in [0.5, 0.6) is 5.75 Å². The third-order valence-corrected chi connectivity index (χ3v) is 5.97. The molecule has 0 spiro atoms. The third-order valence-electron chi connectivity index (χ3n) is 5.09. The Balaban J connectivity index is 1.97. The van der Waals surface area contributed by atoms with E-state index in [4.69, 9.17) is 10.1 Å². The Morgan fingerprint density at radius 3 is 2.96 bits per heavy atom. The van der Waals surface area contributed by atoms with Crippen molar-refractivity contribution in [2.75, 3.05) is 24.6 Å². The van der Waals surface area contributed by atoms with Crippen LogP contribution in [0.3, 0.4) is 0 Å². The number of hydrogen-bond donors (Lipinski definition) is 2. The Bertz CT molecular complexity index is 1220. The number of pyridine rings is 1. The van der Waals surface area contributed by atoms with Crippen molar-refractivity contribution in [3.8, 4) is 5.75 Å². The van der Waals surface area contributed by atoms with Crippen LogP contribution in [-0.2, 0) is 0 Å². The summed E-state index contributed by atoms with van der Waals surface area (Å²) in [5.41, 5.74) is 0.427. The van der Waals surface area contributed by atoms with Gasteiger partial charge in [-0.2, -0.15) is 0 Å². The molecule has 0 radical (unpaired) electrons. The van der Waals surface area contributed by atoms with E-state index in [1.165, 1.54) is 6.07 Å². The largest absolute Gasteiger partial charge is 0.487 e. The lowest BCUT2D eigenvalue weighted by molar-refractivity contribution is 0.251. The van der Waals surface area contributed by atoms with Gasteiger partial charge in [0.2, 0.25) is 5.43 Å². The molecule has 1 aromatic carbocycles. The highest BCUT2D eigenvalue weighted by atomic mass is 32.1. The van der Waals surface area contributed by atoms with Crippen molar-refractivity contribution in [1.29, 1.82) is 5.41 Å². The molecule has 0 amide bonds. The van der Waals surface area contributed by atoms with E-state index in [-0.39, 0.29) is 16.8 Å². The molecule has 2 aliphatic rings. The van der Waals surface area contributed by atoms with Gasteiger partial charge in [0.05, 0.1) is 23.5 Å². The molecule has 1 saturated heterocycles. The van der Waals surface area contributed by atoms with Crippen molar-refractivity contribution in [3.05, 3.63) is 32.5 Å². The highest BCUT2D eigenvalue weighted by molar-refractivity contribution is 7.12. The molecule has 3 aromatic rings. The normalized spacial score (nSPS) is 19.5. The van der Waals surface area contributed by atoms with Crippen molar-refractivity contribution >= 4 is 44.1 Å². The fourth-order valence-corrected chi connectivity index (χ4v) is 4.85. The van der Waals surface area contributed by atoms with Gasteiger partial charge in [0.25, 0.3) is 5.56 Å².